The molecular formula is C12H13N3O3. The second-order valence-electron chi connectivity index (χ2n) is 4.14. The van der Waals surface area contributed by atoms with E-state index in [-0.39, 0.29) is 25.4 Å². The second kappa shape index (κ2) is 4.87. The topological polar surface area (TPSA) is 92.5 Å². The number of amides is 3. The van der Waals surface area contributed by atoms with Crippen LogP contribution in [0.3, 0.4) is 0 Å². The number of rotatable bonds is 2. The van der Waals surface area contributed by atoms with E-state index in [2.05, 4.69) is 5.32 Å². The molecule has 6 heteroatoms. The van der Waals surface area contributed by atoms with E-state index in [0.29, 0.717) is 5.69 Å². The minimum atomic E-state index is -0.452. The first-order valence-electron chi connectivity index (χ1n) is 5.49. The van der Waals surface area contributed by atoms with E-state index in [1.54, 1.807) is 24.3 Å². The molecule has 3 N–H and O–H groups in total. The molecule has 18 heavy (non-hydrogen) atoms. The molecule has 1 saturated heterocycles. The Morgan fingerprint density at radius 1 is 1.28 bits per heavy atom. The smallest absolute Gasteiger partial charge is 0.246 e. The summed E-state index contributed by atoms with van der Waals surface area (Å²) in [5, 5.41) is 2.15. The maximum atomic E-state index is 11.9. The fourth-order valence-electron chi connectivity index (χ4n) is 1.80. The highest BCUT2D eigenvalue weighted by atomic mass is 16.2. The third-order valence-corrected chi connectivity index (χ3v) is 2.61. The normalized spacial score (nSPS) is 15.4. The van der Waals surface area contributed by atoms with Gasteiger partial charge in [-0.15, -0.1) is 0 Å². The van der Waals surface area contributed by atoms with Gasteiger partial charge in [0.1, 0.15) is 13.1 Å². The van der Waals surface area contributed by atoms with Crippen LogP contribution < -0.4 is 11.1 Å². The molecule has 0 atom stereocenters. The van der Waals surface area contributed by atoms with Gasteiger partial charge < -0.3 is 10.6 Å². The van der Waals surface area contributed by atoms with Crippen LogP contribution in [0.5, 0.6) is 0 Å². The van der Waals surface area contributed by atoms with Crippen LogP contribution in [0.4, 0.5) is 5.69 Å². The van der Waals surface area contributed by atoms with Crippen molar-refractivity contribution in [3.8, 4) is 0 Å². The van der Waals surface area contributed by atoms with Crippen LogP contribution in [0.25, 0.3) is 0 Å². The van der Waals surface area contributed by atoms with E-state index in [0.717, 1.165) is 5.56 Å². The number of nitrogen functional groups attached to an aromatic ring is 1. The summed E-state index contributed by atoms with van der Waals surface area (Å²) >= 11 is 0. The number of carbonyl (C=O) groups excluding carboxylic acids is 3. The lowest BCUT2D eigenvalue weighted by Gasteiger charge is -2.25. The summed E-state index contributed by atoms with van der Waals surface area (Å²) in [4.78, 5) is 35.5. The molecule has 1 aliphatic rings. The molecule has 0 saturated carbocycles. The van der Waals surface area contributed by atoms with E-state index < -0.39 is 11.8 Å². The van der Waals surface area contributed by atoms with Gasteiger partial charge in [-0.05, 0) is 17.7 Å². The molecule has 1 aliphatic heterocycles. The lowest BCUT2D eigenvalue weighted by atomic mass is 10.1. The summed E-state index contributed by atoms with van der Waals surface area (Å²) in [5.41, 5.74) is 6.95. The molecule has 0 radical (unpaired) electrons. The highest BCUT2D eigenvalue weighted by molar-refractivity contribution is 6.02. The molecule has 6 nitrogen and oxygen atoms in total. The van der Waals surface area contributed by atoms with Crippen LogP contribution >= 0.6 is 0 Å². The van der Waals surface area contributed by atoms with E-state index in [9.17, 15) is 14.4 Å². The highest BCUT2D eigenvalue weighted by Crippen LogP contribution is 2.09. The maximum Gasteiger partial charge on any atom is 0.246 e. The number of carbonyl (C=O) groups is 3. The van der Waals surface area contributed by atoms with Crippen molar-refractivity contribution in [2.24, 2.45) is 0 Å². The monoisotopic (exact) mass is 247 g/mol. The van der Waals surface area contributed by atoms with E-state index in [1.165, 1.54) is 4.90 Å². The van der Waals surface area contributed by atoms with Gasteiger partial charge in [-0.3, -0.25) is 19.7 Å². The number of nitrogens with one attached hydrogen (secondary N) is 1. The fourth-order valence-corrected chi connectivity index (χ4v) is 1.80. The molecule has 1 fully saturated rings. The summed E-state index contributed by atoms with van der Waals surface area (Å²) in [6.45, 7) is -0.153. The second-order valence-corrected chi connectivity index (χ2v) is 4.14. The lowest BCUT2D eigenvalue weighted by molar-refractivity contribution is -0.145. The van der Waals surface area contributed by atoms with Crippen molar-refractivity contribution in [1.29, 1.82) is 0 Å². The van der Waals surface area contributed by atoms with E-state index in [4.69, 9.17) is 5.73 Å². The predicted octanol–water partition coefficient (Wildman–Crippen LogP) is -0.704. The molecule has 0 unspecified atom stereocenters. The van der Waals surface area contributed by atoms with Gasteiger partial charge in [-0.25, -0.2) is 0 Å². The molecule has 1 aromatic carbocycles. The van der Waals surface area contributed by atoms with Crippen LogP contribution in [0.1, 0.15) is 5.56 Å². The zero-order chi connectivity index (χ0) is 13.1. The Morgan fingerprint density at radius 3 is 2.56 bits per heavy atom. The van der Waals surface area contributed by atoms with Crippen molar-refractivity contribution < 1.29 is 14.4 Å². The molecular weight excluding hydrogens is 234 g/mol. The van der Waals surface area contributed by atoms with Gasteiger partial charge >= 0.3 is 0 Å². The molecule has 0 spiro atoms. The number of nitrogens with two attached hydrogens (primary N) is 1. The number of piperazine rings is 1. The van der Waals surface area contributed by atoms with Gasteiger partial charge in [0.25, 0.3) is 0 Å². The molecule has 0 bridgehead atoms. The van der Waals surface area contributed by atoms with Gasteiger partial charge in [0.05, 0.1) is 6.42 Å². The van der Waals surface area contributed by atoms with Crippen LogP contribution in [-0.4, -0.2) is 35.7 Å². The molecule has 0 aromatic heterocycles. The highest BCUT2D eigenvalue weighted by Gasteiger charge is 2.26. The van der Waals surface area contributed by atoms with Crippen molar-refractivity contribution in [2.45, 2.75) is 6.42 Å². The predicted molar refractivity (Wildman–Crippen MR) is 64.3 cm³/mol. The average molecular weight is 247 g/mol. The van der Waals surface area contributed by atoms with Gasteiger partial charge in [0.2, 0.25) is 17.7 Å². The fraction of sp³-hybridized carbons (Fsp3) is 0.250. The standard InChI is InChI=1S/C12H13N3O3/c13-9-3-1-2-8(4-9)5-12(18)15-6-10(16)14-11(17)7-15/h1-4H,5-7,13H2,(H,14,16,17). The van der Waals surface area contributed by atoms with Crippen molar-refractivity contribution in [1.82, 2.24) is 10.2 Å². The minimum Gasteiger partial charge on any atom is -0.399 e. The third kappa shape index (κ3) is 2.85. The third-order valence-electron chi connectivity index (χ3n) is 2.61. The summed E-state index contributed by atoms with van der Waals surface area (Å²) in [7, 11) is 0. The molecule has 3 amide bonds. The van der Waals surface area contributed by atoms with Crippen molar-refractivity contribution in [3.63, 3.8) is 0 Å². The quantitative estimate of drug-likeness (QED) is 0.533. The van der Waals surface area contributed by atoms with Crippen LogP contribution in [0.2, 0.25) is 0 Å². The number of imide groups is 1. The first kappa shape index (κ1) is 12.1. The first-order chi connectivity index (χ1) is 8.54. The molecule has 2 rings (SSSR count). The van der Waals surface area contributed by atoms with Crippen molar-refractivity contribution >= 4 is 23.4 Å². The first-order valence-corrected chi connectivity index (χ1v) is 5.49. The Morgan fingerprint density at radius 2 is 1.94 bits per heavy atom. The number of hydrogen-bond acceptors (Lipinski definition) is 4. The van der Waals surface area contributed by atoms with E-state index >= 15 is 0 Å². The number of nitrogens with zero attached hydrogens (tertiary/aromatic N) is 1. The zero-order valence-corrected chi connectivity index (χ0v) is 9.68. The minimum absolute atomic E-state index is 0.0765. The molecule has 0 aliphatic carbocycles. The number of benzene rings is 1. The summed E-state index contributed by atoms with van der Waals surface area (Å²) in [6.07, 6.45) is 0.131. The molecule has 1 heterocycles. The average Bonchev–Trinajstić information content (AvgIpc) is 2.27. The number of anilines is 1. The SMILES string of the molecule is Nc1cccc(CC(=O)N2CC(=O)NC(=O)C2)c1. The molecule has 94 valence electrons. The molecule has 1 aromatic rings. The Kier molecular flexibility index (Phi) is 3.27. The van der Waals surface area contributed by atoms with Gasteiger partial charge in [-0.2, -0.15) is 0 Å². The van der Waals surface area contributed by atoms with Gasteiger partial charge in [0, 0.05) is 5.69 Å². The number of hydrogen-bond donors (Lipinski definition) is 2. The largest absolute Gasteiger partial charge is 0.399 e. The van der Waals surface area contributed by atoms with Crippen LogP contribution in [0, 0.1) is 0 Å². The zero-order valence-electron chi connectivity index (χ0n) is 9.68. The van der Waals surface area contributed by atoms with Gasteiger partial charge in [-0.1, -0.05) is 12.1 Å². The van der Waals surface area contributed by atoms with Crippen LogP contribution in [-0.2, 0) is 20.8 Å². The Labute approximate surface area is 104 Å². The van der Waals surface area contributed by atoms with Crippen LogP contribution in [0.15, 0.2) is 24.3 Å². The summed E-state index contributed by atoms with van der Waals surface area (Å²) < 4.78 is 0. The van der Waals surface area contributed by atoms with Crippen molar-refractivity contribution in [2.75, 3.05) is 18.8 Å². The van der Waals surface area contributed by atoms with Crippen molar-refractivity contribution in [3.05, 3.63) is 29.8 Å². The Bertz CT molecular complexity index is 497. The van der Waals surface area contributed by atoms with Gasteiger partial charge in [0.15, 0.2) is 0 Å². The Balaban J connectivity index is 2.03. The summed E-state index contributed by atoms with van der Waals surface area (Å²) in [5.74, 6) is -1.16. The lowest BCUT2D eigenvalue weighted by Crippen LogP contribution is -2.53. The maximum absolute atomic E-state index is 11.9. The summed E-state index contributed by atoms with van der Waals surface area (Å²) in [6, 6.07) is 6.96. The van der Waals surface area contributed by atoms with E-state index in [1.807, 2.05) is 0 Å². The Hall–Kier alpha value is -2.37.